The minimum absolute atomic E-state index is 0.223. The molecule has 2 heterocycles. The Balaban J connectivity index is 1.23. The Morgan fingerprint density at radius 2 is 1.83 bits per heavy atom. The van der Waals surface area contributed by atoms with Crippen molar-refractivity contribution in [2.75, 3.05) is 57.2 Å². The first-order valence-corrected chi connectivity index (χ1v) is 10.9. The summed E-state index contributed by atoms with van der Waals surface area (Å²) in [5.41, 5.74) is 1.14. The van der Waals surface area contributed by atoms with Crippen molar-refractivity contribution >= 4 is 23.4 Å². The highest BCUT2D eigenvalue weighted by Gasteiger charge is 2.21. The third kappa shape index (κ3) is 4.90. The number of benzene rings is 2. The van der Waals surface area contributed by atoms with E-state index in [1.54, 1.807) is 18.9 Å². The molecule has 0 spiro atoms. The quantitative estimate of drug-likeness (QED) is 0.676. The molecule has 29 heavy (non-hydrogen) atoms. The first-order valence-electron chi connectivity index (χ1n) is 9.92. The number of thioether (sulfide) groups is 1. The number of ether oxygens (including phenoxy) is 3. The molecule has 1 fully saturated rings. The van der Waals surface area contributed by atoms with Crippen molar-refractivity contribution in [3.05, 3.63) is 42.5 Å². The zero-order valence-corrected chi connectivity index (χ0v) is 17.5. The topological polar surface area (TPSA) is 51.2 Å². The van der Waals surface area contributed by atoms with Crippen molar-refractivity contribution in [2.45, 2.75) is 11.3 Å². The number of anilines is 1. The average Bonchev–Trinajstić information content (AvgIpc) is 2.79. The lowest BCUT2D eigenvalue weighted by Gasteiger charge is -2.36. The van der Waals surface area contributed by atoms with Gasteiger partial charge in [-0.15, -0.1) is 11.8 Å². The van der Waals surface area contributed by atoms with E-state index in [1.165, 1.54) is 0 Å². The zero-order chi connectivity index (χ0) is 20.1. The summed E-state index contributed by atoms with van der Waals surface area (Å²) < 4.78 is 16.5. The number of nitrogens with zero attached hydrogens (tertiary/aromatic N) is 2. The lowest BCUT2D eigenvalue weighted by atomic mass is 10.2. The minimum Gasteiger partial charge on any atom is -0.497 e. The largest absolute Gasteiger partial charge is 0.497 e. The maximum absolute atomic E-state index is 12.6. The first-order chi connectivity index (χ1) is 14.2. The maximum Gasteiger partial charge on any atom is 0.223 e. The molecular formula is C22H26N2O4S. The molecule has 0 atom stereocenters. The zero-order valence-electron chi connectivity index (χ0n) is 16.6. The van der Waals surface area contributed by atoms with Crippen LogP contribution in [0.25, 0.3) is 0 Å². The molecule has 7 heteroatoms. The van der Waals surface area contributed by atoms with E-state index in [9.17, 15) is 4.79 Å². The normalized spacial score (nSPS) is 15.9. The van der Waals surface area contributed by atoms with Crippen LogP contribution in [0.1, 0.15) is 6.42 Å². The molecule has 4 rings (SSSR count). The molecule has 1 saturated heterocycles. The van der Waals surface area contributed by atoms with E-state index in [2.05, 4.69) is 11.0 Å². The number of hydrogen-bond acceptors (Lipinski definition) is 6. The number of hydrogen-bond donors (Lipinski definition) is 0. The SMILES string of the molecule is COc1cccc(N2CCN(C(=O)CCSc3ccc4c(c3)OCCO4)CC2)c1. The smallest absolute Gasteiger partial charge is 0.223 e. The second-order valence-electron chi connectivity index (χ2n) is 6.97. The molecule has 6 nitrogen and oxygen atoms in total. The van der Waals surface area contributed by atoms with Gasteiger partial charge in [0.2, 0.25) is 5.91 Å². The monoisotopic (exact) mass is 414 g/mol. The molecule has 0 bridgehead atoms. The van der Waals surface area contributed by atoms with Crippen molar-refractivity contribution in [3.63, 3.8) is 0 Å². The van der Waals surface area contributed by atoms with Gasteiger partial charge in [-0.05, 0) is 30.3 Å². The van der Waals surface area contributed by atoms with Gasteiger partial charge >= 0.3 is 0 Å². The molecular weight excluding hydrogens is 388 g/mol. The van der Waals surface area contributed by atoms with E-state index < -0.39 is 0 Å². The molecule has 0 N–H and O–H groups in total. The lowest BCUT2D eigenvalue weighted by molar-refractivity contribution is -0.131. The van der Waals surface area contributed by atoms with Crippen molar-refractivity contribution in [3.8, 4) is 17.2 Å². The molecule has 0 saturated carbocycles. The van der Waals surface area contributed by atoms with Gasteiger partial charge in [0.1, 0.15) is 19.0 Å². The number of fused-ring (bicyclic) bond motifs is 1. The molecule has 0 aromatic heterocycles. The van der Waals surface area contributed by atoms with Crippen LogP contribution in [0.3, 0.4) is 0 Å². The van der Waals surface area contributed by atoms with Crippen molar-refractivity contribution in [2.24, 2.45) is 0 Å². The van der Waals surface area contributed by atoms with Gasteiger partial charge in [0.15, 0.2) is 11.5 Å². The van der Waals surface area contributed by atoms with E-state index in [4.69, 9.17) is 14.2 Å². The van der Waals surface area contributed by atoms with E-state index >= 15 is 0 Å². The Hall–Kier alpha value is -2.54. The number of carbonyl (C=O) groups is 1. The summed E-state index contributed by atoms with van der Waals surface area (Å²) in [4.78, 5) is 18.0. The highest BCUT2D eigenvalue weighted by molar-refractivity contribution is 7.99. The Morgan fingerprint density at radius 3 is 2.62 bits per heavy atom. The van der Waals surface area contributed by atoms with Gasteiger partial charge in [-0.2, -0.15) is 0 Å². The average molecular weight is 415 g/mol. The summed E-state index contributed by atoms with van der Waals surface area (Å²) in [6.07, 6.45) is 0.540. The molecule has 2 aromatic rings. The Bertz CT molecular complexity index is 852. The number of carbonyl (C=O) groups excluding carboxylic acids is 1. The van der Waals surface area contributed by atoms with Gasteiger partial charge in [-0.1, -0.05) is 6.07 Å². The van der Waals surface area contributed by atoms with Gasteiger partial charge in [0.25, 0.3) is 0 Å². The summed E-state index contributed by atoms with van der Waals surface area (Å²) >= 11 is 1.68. The molecule has 0 aliphatic carbocycles. The van der Waals surface area contributed by atoms with Crippen molar-refractivity contribution in [1.29, 1.82) is 0 Å². The fourth-order valence-corrected chi connectivity index (χ4v) is 4.42. The summed E-state index contributed by atoms with van der Waals surface area (Å²) in [7, 11) is 1.68. The summed E-state index contributed by atoms with van der Waals surface area (Å²) in [6.45, 7) is 4.37. The summed E-state index contributed by atoms with van der Waals surface area (Å²) in [6, 6.07) is 14.0. The molecule has 1 amide bonds. The number of methoxy groups -OCH3 is 1. The number of amides is 1. The van der Waals surface area contributed by atoms with Gasteiger partial charge in [0, 0.05) is 55.0 Å². The molecule has 2 aliphatic rings. The Kier molecular flexibility index (Phi) is 6.34. The number of rotatable bonds is 6. The fraction of sp³-hybridized carbons (Fsp3) is 0.409. The van der Waals surface area contributed by atoms with E-state index in [0.29, 0.717) is 19.6 Å². The molecule has 0 radical (unpaired) electrons. The second-order valence-corrected chi connectivity index (χ2v) is 8.14. The highest BCUT2D eigenvalue weighted by Crippen LogP contribution is 2.34. The van der Waals surface area contributed by atoms with E-state index in [-0.39, 0.29) is 5.91 Å². The van der Waals surface area contributed by atoms with E-state index in [1.807, 2.05) is 41.3 Å². The summed E-state index contributed by atoms with van der Waals surface area (Å²) in [5, 5.41) is 0. The van der Waals surface area contributed by atoms with Crippen LogP contribution < -0.4 is 19.1 Å². The van der Waals surface area contributed by atoms with Crippen LogP contribution in [0, 0.1) is 0 Å². The predicted molar refractivity (Wildman–Crippen MR) is 115 cm³/mol. The molecule has 154 valence electrons. The van der Waals surface area contributed by atoms with Crippen LogP contribution in [0.5, 0.6) is 17.2 Å². The Morgan fingerprint density at radius 1 is 1.03 bits per heavy atom. The van der Waals surface area contributed by atoms with Crippen LogP contribution >= 0.6 is 11.8 Å². The van der Waals surface area contributed by atoms with Crippen LogP contribution in [-0.4, -0.2) is 63.1 Å². The van der Waals surface area contributed by atoms with Gasteiger partial charge in [0.05, 0.1) is 7.11 Å². The van der Waals surface area contributed by atoms with E-state index in [0.717, 1.165) is 59.8 Å². The Labute approximate surface area is 175 Å². The molecule has 0 unspecified atom stereocenters. The minimum atomic E-state index is 0.223. The van der Waals surface area contributed by atoms with Crippen LogP contribution in [0.15, 0.2) is 47.4 Å². The maximum atomic E-state index is 12.6. The van der Waals surface area contributed by atoms with Gasteiger partial charge < -0.3 is 24.0 Å². The second kappa shape index (κ2) is 9.31. The number of piperazine rings is 1. The highest BCUT2D eigenvalue weighted by atomic mass is 32.2. The van der Waals surface area contributed by atoms with Crippen molar-refractivity contribution in [1.82, 2.24) is 4.90 Å². The van der Waals surface area contributed by atoms with Crippen molar-refractivity contribution < 1.29 is 19.0 Å². The van der Waals surface area contributed by atoms with Gasteiger partial charge in [-0.3, -0.25) is 4.79 Å². The van der Waals surface area contributed by atoms with Gasteiger partial charge in [-0.25, -0.2) is 0 Å². The third-order valence-electron chi connectivity index (χ3n) is 5.15. The first kappa shape index (κ1) is 19.8. The predicted octanol–water partition coefficient (Wildman–Crippen LogP) is 3.30. The summed E-state index contributed by atoms with van der Waals surface area (Å²) in [5.74, 6) is 3.43. The standard InChI is InChI=1S/C22H26N2O4S/c1-26-18-4-2-3-17(15-18)23-8-10-24(11-9-23)22(25)7-14-29-19-5-6-20-21(16-19)28-13-12-27-20/h2-6,15-16H,7-14H2,1H3. The third-order valence-corrected chi connectivity index (χ3v) is 6.14. The van der Waals surface area contributed by atoms with Crippen LogP contribution in [-0.2, 0) is 4.79 Å². The van der Waals surface area contributed by atoms with Crippen LogP contribution in [0.2, 0.25) is 0 Å². The van der Waals surface area contributed by atoms with Crippen LogP contribution in [0.4, 0.5) is 5.69 Å². The fourth-order valence-electron chi connectivity index (χ4n) is 3.55. The molecule has 2 aromatic carbocycles. The molecule has 2 aliphatic heterocycles. The lowest BCUT2D eigenvalue weighted by Crippen LogP contribution is -2.48.